The average Bonchev–Trinajstić information content (AvgIpc) is 2.88. The van der Waals surface area contributed by atoms with Crippen LogP contribution >= 0.6 is 0 Å². The van der Waals surface area contributed by atoms with Crippen LogP contribution in [0.3, 0.4) is 0 Å². The minimum Gasteiger partial charge on any atom is -0.423 e. The molecule has 4 aromatic carbocycles. The minimum absolute atomic E-state index is 0.125. The summed E-state index contributed by atoms with van der Waals surface area (Å²) >= 11 is 0. The van der Waals surface area contributed by atoms with Crippen LogP contribution in [0.25, 0.3) is 23.3 Å². The van der Waals surface area contributed by atoms with E-state index in [-0.39, 0.29) is 5.78 Å². The van der Waals surface area contributed by atoms with Crippen LogP contribution in [0.5, 0.6) is 5.75 Å². The van der Waals surface area contributed by atoms with Crippen LogP contribution in [0.1, 0.15) is 21.5 Å². The van der Waals surface area contributed by atoms with E-state index in [0.717, 1.165) is 16.7 Å². The van der Waals surface area contributed by atoms with Crippen LogP contribution in [-0.2, 0) is 4.79 Å². The zero-order valence-electron chi connectivity index (χ0n) is 17.9. The summed E-state index contributed by atoms with van der Waals surface area (Å²) in [5.74, 6) is -0.217. The van der Waals surface area contributed by atoms with Gasteiger partial charge in [0.2, 0.25) is 0 Å². The number of benzene rings is 4. The van der Waals surface area contributed by atoms with E-state index in [1.165, 1.54) is 12.2 Å². The summed E-state index contributed by atoms with van der Waals surface area (Å²) in [6.07, 6.45) is 6.24. The van der Waals surface area contributed by atoms with Gasteiger partial charge < -0.3 is 4.74 Å². The van der Waals surface area contributed by atoms with Crippen molar-refractivity contribution in [3.05, 3.63) is 138 Å². The monoisotopic (exact) mass is 430 g/mol. The fraction of sp³-hybridized carbons (Fsp3) is 0. The molecule has 4 rings (SSSR count). The van der Waals surface area contributed by atoms with Crippen LogP contribution in [0, 0.1) is 0 Å². The smallest absolute Gasteiger partial charge is 0.336 e. The summed E-state index contributed by atoms with van der Waals surface area (Å²) < 4.78 is 5.48. The molecule has 0 saturated heterocycles. The van der Waals surface area contributed by atoms with Gasteiger partial charge in [-0.25, -0.2) is 4.79 Å². The van der Waals surface area contributed by atoms with Gasteiger partial charge in [0.05, 0.1) is 0 Å². The molecule has 33 heavy (non-hydrogen) atoms. The van der Waals surface area contributed by atoms with E-state index in [9.17, 15) is 9.59 Å². The first kappa shape index (κ1) is 21.7. The fourth-order valence-electron chi connectivity index (χ4n) is 3.30. The van der Waals surface area contributed by atoms with Gasteiger partial charge in [0.1, 0.15) is 5.75 Å². The van der Waals surface area contributed by atoms with E-state index in [1.54, 1.807) is 30.4 Å². The maximum atomic E-state index is 12.7. The zero-order valence-corrected chi connectivity index (χ0v) is 17.9. The molecular weight excluding hydrogens is 408 g/mol. The summed E-state index contributed by atoms with van der Waals surface area (Å²) in [6, 6.07) is 34.1. The summed E-state index contributed by atoms with van der Waals surface area (Å²) in [6.45, 7) is 0. The lowest BCUT2D eigenvalue weighted by molar-refractivity contribution is -0.128. The molecule has 0 unspecified atom stereocenters. The van der Waals surface area contributed by atoms with Gasteiger partial charge in [-0.1, -0.05) is 103 Å². The van der Waals surface area contributed by atoms with Crippen molar-refractivity contribution >= 4 is 23.9 Å². The molecular formula is C30H22O3. The molecule has 0 bridgehead atoms. The number of rotatable bonds is 7. The second-order valence-electron chi connectivity index (χ2n) is 7.34. The molecule has 0 amide bonds. The van der Waals surface area contributed by atoms with Crippen LogP contribution in [-0.4, -0.2) is 11.8 Å². The summed E-state index contributed by atoms with van der Waals surface area (Å²) in [7, 11) is 0. The highest BCUT2D eigenvalue weighted by Gasteiger charge is 2.07. The van der Waals surface area contributed by atoms with Crippen LogP contribution in [0.15, 0.2) is 121 Å². The molecule has 0 aliphatic heterocycles. The minimum atomic E-state index is -0.484. The van der Waals surface area contributed by atoms with Gasteiger partial charge in [-0.3, -0.25) is 4.79 Å². The van der Waals surface area contributed by atoms with Crippen molar-refractivity contribution in [2.45, 2.75) is 0 Å². The summed E-state index contributed by atoms with van der Waals surface area (Å²) in [5.41, 5.74) is 4.30. The molecule has 0 spiro atoms. The number of ketones is 1. The molecule has 0 aliphatic rings. The van der Waals surface area contributed by atoms with Crippen molar-refractivity contribution in [3.8, 4) is 16.9 Å². The molecule has 160 valence electrons. The van der Waals surface area contributed by atoms with E-state index in [2.05, 4.69) is 0 Å². The molecule has 0 saturated carbocycles. The number of ether oxygens (including phenoxy) is 1. The first-order valence-corrected chi connectivity index (χ1v) is 10.6. The highest BCUT2D eigenvalue weighted by atomic mass is 16.5. The van der Waals surface area contributed by atoms with E-state index in [0.29, 0.717) is 16.9 Å². The first-order valence-electron chi connectivity index (χ1n) is 10.6. The first-order chi connectivity index (χ1) is 16.2. The summed E-state index contributed by atoms with van der Waals surface area (Å²) in [5, 5.41) is 0. The Bertz CT molecular complexity index is 1290. The van der Waals surface area contributed by atoms with Gasteiger partial charge in [0, 0.05) is 17.2 Å². The Labute approximate surface area is 193 Å². The molecule has 0 fully saturated rings. The molecule has 0 N–H and O–H groups in total. The van der Waals surface area contributed by atoms with Crippen molar-refractivity contribution in [2.75, 3.05) is 0 Å². The number of esters is 1. The van der Waals surface area contributed by atoms with Gasteiger partial charge >= 0.3 is 5.97 Å². The van der Waals surface area contributed by atoms with Crippen molar-refractivity contribution in [2.24, 2.45) is 0 Å². The topological polar surface area (TPSA) is 43.4 Å². The van der Waals surface area contributed by atoms with Gasteiger partial charge in [-0.15, -0.1) is 0 Å². The lowest BCUT2D eigenvalue weighted by atomic mass is 10.0. The summed E-state index contributed by atoms with van der Waals surface area (Å²) in [4.78, 5) is 24.9. The average molecular weight is 431 g/mol. The third-order valence-corrected chi connectivity index (χ3v) is 5.03. The van der Waals surface area contributed by atoms with Crippen molar-refractivity contribution in [1.82, 2.24) is 0 Å². The molecule has 0 radical (unpaired) electrons. The largest absolute Gasteiger partial charge is 0.423 e. The van der Waals surface area contributed by atoms with E-state index < -0.39 is 5.97 Å². The zero-order chi connectivity index (χ0) is 22.9. The fourth-order valence-corrected chi connectivity index (χ4v) is 3.30. The lowest BCUT2D eigenvalue weighted by Gasteiger charge is -2.05. The molecule has 3 nitrogen and oxygen atoms in total. The highest BCUT2D eigenvalue weighted by molar-refractivity contribution is 6.07. The Kier molecular flexibility index (Phi) is 7.04. The maximum absolute atomic E-state index is 12.7. The molecule has 0 heterocycles. The normalized spacial score (nSPS) is 11.0. The second kappa shape index (κ2) is 10.7. The number of carbonyl (C=O) groups is 2. The predicted molar refractivity (Wildman–Crippen MR) is 133 cm³/mol. The molecule has 0 aromatic heterocycles. The van der Waals surface area contributed by atoms with Crippen LogP contribution in [0.2, 0.25) is 0 Å². The maximum Gasteiger partial charge on any atom is 0.336 e. The number of allylic oxidation sites excluding steroid dienone is 1. The standard InChI is InChI=1S/C30H22O3/c31-28(26-18-16-25(17-19-26)24-11-5-2-6-12-24)21-20-27-13-7-8-14-29(27)33-30(32)22-15-23-9-3-1-4-10-23/h1-22H. The Morgan fingerprint density at radius 3 is 1.91 bits per heavy atom. The SMILES string of the molecule is O=C(C=Cc1ccccc1)Oc1ccccc1C=CC(=O)c1ccc(-c2ccccc2)cc1. The van der Waals surface area contributed by atoms with Crippen molar-refractivity contribution in [1.29, 1.82) is 0 Å². The van der Waals surface area contributed by atoms with E-state index in [1.807, 2.05) is 91.0 Å². The number of hydrogen-bond acceptors (Lipinski definition) is 3. The Hall–Kier alpha value is -4.50. The van der Waals surface area contributed by atoms with Crippen LogP contribution in [0.4, 0.5) is 0 Å². The van der Waals surface area contributed by atoms with Crippen molar-refractivity contribution < 1.29 is 14.3 Å². The van der Waals surface area contributed by atoms with Gasteiger partial charge in [0.25, 0.3) is 0 Å². The Morgan fingerprint density at radius 1 is 0.576 bits per heavy atom. The molecule has 3 heteroatoms. The lowest BCUT2D eigenvalue weighted by Crippen LogP contribution is -2.04. The van der Waals surface area contributed by atoms with Crippen molar-refractivity contribution in [3.63, 3.8) is 0 Å². The Balaban J connectivity index is 1.43. The molecule has 0 atom stereocenters. The Morgan fingerprint density at radius 2 is 1.18 bits per heavy atom. The van der Waals surface area contributed by atoms with Gasteiger partial charge in [-0.05, 0) is 41.0 Å². The number of para-hydroxylation sites is 1. The highest BCUT2D eigenvalue weighted by Crippen LogP contribution is 2.22. The number of carbonyl (C=O) groups excluding carboxylic acids is 2. The quantitative estimate of drug-likeness (QED) is 0.139. The molecule has 4 aromatic rings. The molecule has 0 aliphatic carbocycles. The van der Waals surface area contributed by atoms with Crippen LogP contribution < -0.4 is 4.74 Å². The third kappa shape index (κ3) is 6.02. The van der Waals surface area contributed by atoms with E-state index in [4.69, 9.17) is 4.74 Å². The van der Waals surface area contributed by atoms with Gasteiger partial charge in [0.15, 0.2) is 5.78 Å². The number of hydrogen-bond donors (Lipinski definition) is 0. The van der Waals surface area contributed by atoms with E-state index >= 15 is 0 Å². The second-order valence-corrected chi connectivity index (χ2v) is 7.34. The third-order valence-electron chi connectivity index (χ3n) is 5.03. The predicted octanol–water partition coefficient (Wildman–Crippen LogP) is 6.87. The van der Waals surface area contributed by atoms with Gasteiger partial charge in [-0.2, -0.15) is 0 Å².